The Hall–Kier alpha value is -1.64. The van der Waals surface area contributed by atoms with Crippen molar-refractivity contribution in [3.63, 3.8) is 0 Å². The molecule has 1 N–H and O–H groups in total. The highest BCUT2D eigenvalue weighted by atomic mass is 16.2. The van der Waals surface area contributed by atoms with Gasteiger partial charge in [0.2, 0.25) is 0 Å². The number of nitrogens with one attached hydrogen (secondary N) is 1. The van der Waals surface area contributed by atoms with Gasteiger partial charge in [0.05, 0.1) is 11.3 Å². The third kappa shape index (κ3) is 0.830. The van der Waals surface area contributed by atoms with Gasteiger partial charge in [-0.1, -0.05) is 6.07 Å². The molecule has 0 fully saturated rings. The van der Waals surface area contributed by atoms with Gasteiger partial charge >= 0.3 is 0 Å². The summed E-state index contributed by atoms with van der Waals surface area (Å²) in [5.41, 5.74) is 2.14. The SMILES string of the molecule is Cc1ccc2c(c1)NC(=O)C2=O. The summed E-state index contributed by atoms with van der Waals surface area (Å²) in [7, 11) is 0. The Balaban J connectivity index is 2.62. The van der Waals surface area contributed by atoms with Gasteiger partial charge in [-0.2, -0.15) is 0 Å². The van der Waals surface area contributed by atoms with E-state index in [9.17, 15) is 9.59 Å². The predicted octanol–water partition coefficient (Wildman–Crippen LogP) is 1.13. The van der Waals surface area contributed by atoms with Crippen molar-refractivity contribution in [3.05, 3.63) is 29.3 Å². The van der Waals surface area contributed by atoms with Crippen LogP contribution >= 0.6 is 0 Å². The summed E-state index contributed by atoms with van der Waals surface area (Å²) < 4.78 is 0. The van der Waals surface area contributed by atoms with Crippen LogP contribution in [0.2, 0.25) is 0 Å². The zero-order valence-electron chi connectivity index (χ0n) is 6.55. The fourth-order valence-corrected chi connectivity index (χ4v) is 1.26. The minimum atomic E-state index is -0.532. The molecule has 60 valence electrons. The monoisotopic (exact) mass is 161 g/mol. The highest BCUT2D eigenvalue weighted by molar-refractivity contribution is 6.51. The first kappa shape index (κ1) is 7.03. The molecule has 2 rings (SSSR count). The molecule has 0 bridgehead atoms. The number of anilines is 1. The van der Waals surface area contributed by atoms with E-state index in [1.807, 2.05) is 13.0 Å². The van der Waals surface area contributed by atoms with Crippen molar-refractivity contribution in [2.75, 3.05) is 5.32 Å². The predicted molar refractivity (Wildman–Crippen MR) is 44.1 cm³/mol. The summed E-state index contributed by atoms with van der Waals surface area (Å²) in [5, 5.41) is 2.50. The fraction of sp³-hybridized carbons (Fsp3) is 0.111. The Labute approximate surface area is 69.4 Å². The molecule has 12 heavy (non-hydrogen) atoms. The molecule has 0 spiro atoms. The van der Waals surface area contributed by atoms with Gasteiger partial charge in [0.15, 0.2) is 0 Å². The summed E-state index contributed by atoms with van der Waals surface area (Å²) >= 11 is 0. The van der Waals surface area contributed by atoms with Crippen molar-refractivity contribution in [1.29, 1.82) is 0 Å². The van der Waals surface area contributed by atoms with Crippen molar-refractivity contribution in [1.82, 2.24) is 0 Å². The van der Waals surface area contributed by atoms with Crippen molar-refractivity contribution in [2.45, 2.75) is 6.92 Å². The Bertz CT molecular complexity index is 382. The quantitative estimate of drug-likeness (QED) is 0.580. The van der Waals surface area contributed by atoms with Crippen molar-refractivity contribution >= 4 is 17.4 Å². The lowest BCUT2D eigenvalue weighted by Gasteiger charge is -1.96. The minimum Gasteiger partial charge on any atom is -0.318 e. The molecule has 1 heterocycles. The maximum atomic E-state index is 11.1. The lowest BCUT2D eigenvalue weighted by Crippen LogP contribution is -2.12. The Morgan fingerprint density at radius 2 is 2.00 bits per heavy atom. The van der Waals surface area contributed by atoms with Crippen molar-refractivity contribution < 1.29 is 9.59 Å². The van der Waals surface area contributed by atoms with Crippen LogP contribution in [0, 0.1) is 6.92 Å². The molecule has 0 saturated heterocycles. The normalized spacial score (nSPS) is 14.4. The maximum absolute atomic E-state index is 11.1. The molecule has 0 atom stereocenters. The molecule has 1 aliphatic heterocycles. The molecule has 0 aliphatic carbocycles. The van der Waals surface area contributed by atoms with Crippen LogP contribution in [-0.4, -0.2) is 11.7 Å². The molecule has 3 heteroatoms. The molecule has 0 radical (unpaired) electrons. The van der Waals surface area contributed by atoms with E-state index in [2.05, 4.69) is 5.32 Å². The van der Waals surface area contributed by atoms with E-state index < -0.39 is 11.7 Å². The van der Waals surface area contributed by atoms with E-state index in [4.69, 9.17) is 0 Å². The molecule has 1 aromatic carbocycles. The number of amides is 1. The second-order valence-electron chi connectivity index (χ2n) is 2.83. The number of ketones is 1. The lowest BCUT2D eigenvalue weighted by molar-refractivity contribution is -0.112. The largest absolute Gasteiger partial charge is 0.318 e. The molecular weight excluding hydrogens is 154 g/mol. The number of hydrogen-bond donors (Lipinski definition) is 1. The van der Waals surface area contributed by atoms with Crippen LogP contribution in [0.1, 0.15) is 15.9 Å². The van der Waals surface area contributed by atoms with Gasteiger partial charge in [-0.3, -0.25) is 9.59 Å². The molecule has 0 unspecified atom stereocenters. The summed E-state index contributed by atoms with van der Waals surface area (Å²) in [4.78, 5) is 22.0. The number of benzene rings is 1. The molecule has 3 nitrogen and oxygen atoms in total. The zero-order valence-corrected chi connectivity index (χ0v) is 6.55. The Kier molecular flexibility index (Phi) is 1.27. The van der Waals surface area contributed by atoms with Gasteiger partial charge in [0.1, 0.15) is 0 Å². The van der Waals surface area contributed by atoms with Crippen molar-refractivity contribution in [3.8, 4) is 0 Å². The summed E-state index contributed by atoms with van der Waals surface area (Å²) in [5.74, 6) is -0.972. The summed E-state index contributed by atoms with van der Waals surface area (Å²) in [6, 6.07) is 5.28. The molecule has 0 saturated carbocycles. The highest BCUT2D eigenvalue weighted by Gasteiger charge is 2.27. The number of aryl methyl sites for hydroxylation is 1. The molecule has 1 aliphatic rings. The van der Waals surface area contributed by atoms with E-state index in [0.29, 0.717) is 11.3 Å². The molecule has 1 amide bonds. The number of hydrogen-bond acceptors (Lipinski definition) is 2. The minimum absolute atomic E-state index is 0.440. The topological polar surface area (TPSA) is 46.2 Å². The van der Waals surface area contributed by atoms with E-state index in [1.165, 1.54) is 0 Å². The van der Waals surface area contributed by atoms with Crippen LogP contribution in [0.25, 0.3) is 0 Å². The van der Waals surface area contributed by atoms with Crippen molar-refractivity contribution in [2.24, 2.45) is 0 Å². The first-order valence-corrected chi connectivity index (χ1v) is 3.65. The van der Waals surface area contributed by atoms with Crippen LogP contribution in [-0.2, 0) is 4.79 Å². The average Bonchev–Trinajstić information content (AvgIpc) is 2.28. The highest BCUT2D eigenvalue weighted by Crippen LogP contribution is 2.23. The second-order valence-corrected chi connectivity index (χ2v) is 2.83. The van der Waals surface area contributed by atoms with Gasteiger partial charge < -0.3 is 5.32 Å². The fourth-order valence-electron chi connectivity index (χ4n) is 1.26. The van der Waals surface area contributed by atoms with E-state index >= 15 is 0 Å². The number of rotatable bonds is 0. The summed E-state index contributed by atoms with van der Waals surface area (Å²) in [6.07, 6.45) is 0. The third-order valence-electron chi connectivity index (χ3n) is 1.87. The van der Waals surface area contributed by atoms with Crippen LogP contribution in [0.4, 0.5) is 5.69 Å². The van der Waals surface area contributed by atoms with Gasteiger partial charge in [-0.25, -0.2) is 0 Å². The number of Topliss-reactive ketones (excluding diaryl/α,β-unsaturated/α-hetero) is 1. The number of fused-ring (bicyclic) bond motifs is 1. The van der Waals surface area contributed by atoms with Crippen LogP contribution in [0.15, 0.2) is 18.2 Å². The third-order valence-corrected chi connectivity index (χ3v) is 1.87. The Morgan fingerprint density at radius 3 is 2.75 bits per heavy atom. The van der Waals surface area contributed by atoms with Gasteiger partial charge in [-0.15, -0.1) is 0 Å². The second kappa shape index (κ2) is 2.17. The molecule has 1 aromatic rings. The molecular formula is C9H7NO2. The van der Waals surface area contributed by atoms with E-state index in [0.717, 1.165) is 5.56 Å². The maximum Gasteiger partial charge on any atom is 0.296 e. The van der Waals surface area contributed by atoms with Crippen LogP contribution < -0.4 is 5.32 Å². The van der Waals surface area contributed by atoms with Crippen LogP contribution in [0.5, 0.6) is 0 Å². The average molecular weight is 161 g/mol. The lowest BCUT2D eigenvalue weighted by atomic mass is 10.1. The van der Waals surface area contributed by atoms with E-state index in [1.54, 1.807) is 12.1 Å². The number of carbonyl (C=O) groups excluding carboxylic acids is 2. The first-order chi connectivity index (χ1) is 5.68. The van der Waals surface area contributed by atoms with Crippen LogP contribution in [0.3, 0.4) is 0 Å². The zero-order chi connectivity index (χ0) is 8.72. The van der Waals surface area contributed by atoms with Gasteiger partial charge in [-0.05, 0) is 24.6 Å². The van der Waals surface area contributed by atoms with Gasteiger partial charge in [0, 0.05) is 0 Å². The standard InChI is InChI=1S/C9H7NO2/c1-5-2-3-6-7(4-5)10-9(12)8(6)11/h2-4H,1H3,(H,10,11,12). The molecule has 0 aromatic heterocycles. The Morgan fingerprint density at radius 1 is 1.25 bits per heavy atom. The number of carbonyl (C=O) groups is 2. The van der Waals surface area contributed by atoms with E-state index in [-0.39, 0.29) is 0 Å². The first-order valence-electron chi connectivity index (χ1n) is 3.65. The van der Waals surface area contributed by atoms with Gasteiger partial charge in [0.25, 0.3) is 11.7 Å². The smallest absolute Gasteiger partial charge is 0.296 e. The summed E-state index contributed by atoms with van der Waals surface area (Å²) in [6.45, 7) is 1.91.